The number of nitrogens with two attached hydrogens (primary N) is 1. The molecule has 0 fully saturated rings. The molecule has 0 saturated carbocycles. The number of rotatable bonds is 3. The predicted octanol–water partition coefficient (Wildman–Crippen LogP) is 0.168. The predicted molar refractivity (Wildman–Crippen MR) is 54.8 cm³/mol. The molecule has 0 aliphatic heterocycles. The third-order valence-corrected chi connectivity index (χ3v) is 2.37. The molecule has 1 unspecified atom stereocenters. The van der Waals surface area contributed by atoms with Crippen molar-refractivity contribution in [3.05, 3.63) is 23.5 Å². The Morgan fingerprint density at radius 2 is 2.31 bits per heavy atom. The number of aromatic nitrogens is 4. The third-order valence-electron chi connectivity index (χ3n) is 2.37. The summed E-state index contributed by atoms with van der Waals surface area (Å²) in [5.74, 6) is 1.02. The minimum absolute atomic E-state index is 0.411. The van der Waals surface area contributed by atoms with Gasteiger partial charge in [0.05, 0.1) is 18.4 Å². The van der Waals surface area contributed by atoms with Crippen LogP contribution in [0, 0.1) is 6.92 Å². The van der Waals surface area contributed by atoms with E-state index in [1.165, 1.54) is 6.39 Å². The van der Waals surface area contributed by atoms with E-state index in [4.69, 9.17) is 10.5 Å². The monoisotopic (exact) mass is 223 g/mol. The second kappa shape index (κ2) is 3.93. The lowest BCUT2D eigenvalue weighted by Gasteiger charge is -2.09. The Hall–Kier alpha value is -1.89. The van der Waals surface area contributed by atoms with Crippen molar-refractivity contribution in [2.24, 2.45) is 12.8 Å². The Bertz CT molecular complexity index is 476. The van der Waals surface area contributed by atoms with Crippen molar-refractivity contribution in [3.63, 3.8) is 0 Å². The van der Waals surface area contributed by atoms with Crippen LogP contribution in [-0.2, 0) is 7.05 Å². The Labute approximate surface area is 92.2 Å². The van der Waals surface area contributed by atoms with Crippen molar-refractivity contribution in [1.82, 2.24) is 19.9 Å². The highest BCUT2D eigenvalue weighted by Crippen LogP contribution is 2.28. The zero-order valence-electron chi connectivity index (χ0n) is 9.34. The van der Waals surface area contributed by atoms with E-state index in [2.05, 4.69) is 19.8 Å². The van der Waals surface area contributed by atoms with Gasteiger partial charge in [-0.15, -0.1) is 0 Å². The van der Waals surface area contributed by atoms with Crippen LogP contribution in [0.4, 0.5) is 0 Å². The Kier molecular flexibility index (Phi) is 2.61. The molecule has 2 rings (SSSR count). The molecule has 2 heterocycles. The van der Waals surface area contributed by atoms with Crippen LogP contribution in [0.25, 0.3) is 0 Å². The fourth-order valence-corrected chi connectivity index (χ4v) is 1.70. The fourth-order valence-electron chi connectivity index (χ4n) is 1.70. The summed E-state index contributed by atoms with van der Waals surface area (Å²) in [5, 5.41) is 7.95. The first-order valence-corrected chi connectivity index (χ1v) is 4.74. The second-order valence-corrected chi connectivity index (χ2v) is 3.40. The molecular formula is C9H13N5O2. The number of nitrogens with zero attached hydrogens (tertiary/aromatic N) is 4. The quantitative estimate of drug-likeness (QED) is 0.797. The minimum Gasteiger partial charge on any atom is -0.481 e. The first kappa shape index (κ1) is 10.6. The standard InChI is InChI=1S/C9H13N5O2/c1-5-6(9(15-3)14(2)12-5)7(10)8-11-4-16-13-8/h4,7H,10H2,1-3H3. The van der Waals surface area contributed by atoms with Gasteiger partial charge in [0, 0.05) is 7.05 Å². The van der Waals surface area contributed by atoms with Gasteiger partial charge in [-0.25, -0.2) is 4.68 Å². The largest absolute Gasteiger partial charge is 0.481 e. The van der Waals surface area contributed by atoms with Crippen LogP contribution in [-0.4, -0.2) is 27.0 Å². The number of hydrogen-bond acceptors (Lipinski definition) is 6. The molecule has 0 amide bonds. The molecule has 2 N–H and O–H groups in total. The van der Waals surface area contributed by atoms with Gasteiger partial charge in [-0.1, -0.05) is 5.16 Å². The molecule has 7 heteroatoms. The Balaban J connectivity index is 2.47. The van der Waals surface area contributed by atoms with E-state index >= 15 is 0 Å². The van der Waals surface area contributed by atoms with Gasteiger partial charge < -0.3 is 15.0 Å². The smallest absolute Gasteiger partial charge is 0.216 e. The lowest BCUT2D eigenvalue weighted by atomic mass is 10.1. The van der Waals surface area contributed by atoms with Gasteiger partial charge in [0.15, 0.2) is 5.82 Å². The van der Waals surface area contributed by atoms with Crippen LogP contribution in [0.5, 0.6) is 5.88 Å². The van der Waals surface area contributed by atoms with Crippen LogP contribution in [0.2, 0.25) is 0 Å². The van der Waals surface area contributed by atoms with E-state index in [-0.39, 0.29) is 0 Å². The van der Waals surface area contributed by atoms with E-state index < -0.39 is 6.04 Å². The molecule has 2 aromatic rings. The molecule has 0 aliphatic carbocycles. The molecule has 0 radical (unpaired) electrons. The van der Waals surface area contributed by atoms with E-state index in [0.29, 0.717) is 11.7 Å². The summed E-state index contributed by atoms with van der Waals surface area (Å²) >= 11 is 0. The molecule has 0 bridgehead atoms. The third kappa shape index (κ3) is 1.54. The van der Waals surface area contributed by atoms with Gasteiger partial charge in [0.25, 0.3) is 0 Å². The molecular weight excluding hydrogens is 210 g/mol. The lowest BCUT2D eigenvalue weighted by molar-refractivity contribution is 0.366. The fraction of sp³-hybridized carbons (Fsp3) is 0.444. The highest BCUT2D eigenvalue weighted by molar-refractivity contribution is 5.37. The summed E-state index contributed by atoms with van der Waals surface area (Å²) < 4.78 is 11.5. The second-order valence-electron chi connectivity index (χ2n) is 3.40. The molecule has 0 spiro atoms. The van der Waals surface area contributed by atoms with Crippen LogP contribution in [0.15, 0.2) is 10.9 Å². The van der Waals surface area contributed by atoms with Gasteiger partial charge in [0.2, 0.25) is 12.3 Å². The lowest BCUT2D eigenvalue weighted by Crippen LogP contribution is -2.15. The maximum Gasteiger partial charge on any atom is 0.216 e. The zero-order valence-corrected chi connectivity index (χ0v) is 9.34. The summed E-state index contributed by atoms with van der Waals surface area (Å²) in [6.07, 6.45) is 1.24. The summed E-state index contributed by atoms with van der Waals surface area (Å²) in [6.45, 7) is 1.86. The summed E-state index contributed by atoms with van der Waals surface area (Å²) in [5.41, 5.74) is 7.59. The highest BCUT2D eigenvalue weighted by atomic mass is 16.5. The van der Waals surface area contributed by atoms with Crippen molar-refractivity contribution < 1.29 is 9.26 Å². The summed E-state index contributed by atoms with van der Waals surface area (Å²) in [4.78, 5) is 3.92. The maximum absolute atomic E-state index is 6.03. The molecule has 16 heavy (non-hydrogen) atoms. The topological polar surface area (TPSA) is 92.0 Å². The first-order chi connectivity index (χ1) is 7.65. The molecule has 0 aliphatic rings. The van der Waals surface area contributed by atoms with Crippen molar-refractivity contribution in [1.29, 1.82) is 0 Å². The number of aryl methyl sites for hydroxylation is 2. The summed E-state index contributed by atoms with van der Waals surface area (Å²) in [7, 11) is 3.36. The van der Waals surface area contributed by atoms with Gasteiger partial charge in [0.1, 0.15) is 6.04 Å². The van der Waals surface area contributed by atoms with Crippen molar-refractivity contribution in [2.45, 2.75) is 13.0 Å². The van der Waals surface area contributed by atoms with Crippen molar-refractivity contribution in [2.75, 3.05) is 7.11 Å². The zero-order chi connectivity index (χ0) is 11.7. The Morgan fingerprint density at radius 1 is 1.56 bits per heavy atom. The molecule has 0 aromatic carbocycles. The number of methoxy groups -OCH3 is 1. The van der Waals surface area contributed by atoms with E-state index in [0.717, 1.165) is 11.3 Å². The van der Waals surface area contributed by atoms with Gasteiger partial charge in [-0.2, -0.15) is 10.1 Å². The van der Waals surface area contributed by atoms with E-state index in [1.54, 1.807) is 18.8 Å². The normalized spacial score (nSPS) is 12.8. The van der Waals surface area contributed by atoms with Crippen LogP contribution in [0.1, 0.15) is 23.1 Å². The van der Waals surface area contributed by atoms with Crippen LogP contribution >= 0.6 is 0 Å². The SMILES string of the molecule is COc1c(C(N)c2ncon2)c(C)nn1C. The van der Waals surface area contributed by atoms with Gasteiger partial charge >= 0.3 is 0 Å². The van der Waals surface area contributed by atoms with Gasteiger partial charge in [-0.05, 0) is 6.92 Å². The average Bonchev–Trinajstić information content (AvgIpc) is 2.84. The van der Waals surface area contributed by atoms with Crippen molar-refractivity contribution in [3.8, 4) is 5.88 Å². The van der Waals surface area contributed by atoms with E-state index in [1.807, 2.05) is 6.92 Å². The first-order valence-electron chi connectivity index (χ1n) is 4.74. The Morgan fingerprint density at radius 3 is 2.88 bits per heavy atom. The number of ether oxygens (including phenoxy) is 1. The van der Waals surface area contributed by atoms with E-state index in [9.17, 15) is 0 Å². The molecule has 86 valence electrons. The van der Waals surface area contributed by atoms with Crippen molar-refractivity contribution >= 4 is 0 Å². The van der Waals surface area contributed by atoms with Crippen LogP contribution < -0.4 is 10.5 Å². The average molecular weight is 223 g/mol. The minimum atomic E-state index is -0.498. The van der Waals surface area contributed by atoms with Crippen LogP contribution in [0.3, 0.4) is 0 Å². The maximum atomic E-state index is 6.03. The molecule has 7 nitrogen and oxygen atoms in total. The van der Waals surface area contributed by atoms with Gasteiger partial charge in [-0.3, -0.25) is 0 Å². The highest BCUT2D eigenvalue weighted by Gasteiger charge is 2.24. The number of hydrogen-bond donors (Lipinski definition) is 1. The molecule has 1 atom stereocenters. The molecule has 2 aromatic heterocycles. The molecule has 0 saturated heterocycles. The summed E-state index contributed by atoms with van der Waals surface area (Å²) in [6, 6.07) is -0.498.